The Bertz CT molecular complexity index is 693. The molecule has 22 heavy (non-hydrogen) atoms. The number of anilines is 1. The van der Waals surface area contributed by atoms with Crippen molar-refractivity contribution in [3.05, 3.63) is 65.0 Å². The third-order valence-electron chi connectivity index (χ3n) is 3.00. The number of nitrogens with one attached hydrogen (secondary N) is 2. The van der Waals surface area contributed by atoms with Crippen molar-refractivity contribution < 1.29 is 14.0 Å². The molecule has 2 amide bonds. The summed E-state index contributed by atoms with van der Waals surface area (Å²) in [6, 6.07) is 11.1. The minimum Gasteiger partial charge on any atom is -0.343 e. The van der Waals surface area contributed by atoms with Crippen molar-refractivity contribution in [3.8, 4) is 0 Å². The van der Waals surface area contributed by atoms with Crippen molar-refractivity contribution in [1.82, 2.24) is 5.32 Å². The second-order valence-electron chi connectivity index (χ2n) is 5.12. The minimum atomic E-state index is -0.433. The Kier molecular flexibility index (Phi) is 4.88. The number of carbonyl (C=O) groups excluding carboxylic acids is 2. The van der Waals surface area contributed by atoms with Gasteiger partial charge in [0, 0.05) is 11.3 Å². The fourth-order valence-electron chi connectivity index (χ4n) is 2.14. The van der Waals surface area contributed by atoms with Gasteiger partial charge in [-0.2, -0.15) is 0 Å². The van der Waals surface area contributed by atoms with Crippen molar-refractivity contribution in [1.29, 1.82) is 0 Å². The molecule has 2 rings (SSSR count). The van der Waals surface area contributed by atoms with E-state index in [-0.39, 0.29) is 12.5 Å². The predicted molar refractivity (Wildman–Crippen MR) is 83.3 cm³/mol. The Morgan fingerprint density at radius 2 is 1.73 bits per heavy atom. The monoisotopic (exact) mass is 300 g/mol. The van der Waals surface area contributed by atoms with Crippen LogP contribution in [-0.4, -0.2) is 18.4 Å². The normalized spacial score (nSPS) is 10.1. The topological polar surface area (TPSA) is 58.2 Å². The van der Waals surface area contributed by atoms with Crippen molar-refractivity contribution in [2.75, 3.05) is 11.9 Å². The average Bonchev–Trinajstić information content (AvgIpc) is 2.43. The first-order chi connectivity index (χ1) is 10.4. The van der Waals surface area contributed by atoms with Crippen molar-refractivity contribution in [3.63, 3.8) is 0 Å². The second-order valence-corrected chi connectivity index (χ2v) is 5.12. The van der Waals surface area contributed by atoms with E-state index in [1.54, 1.807) is 18.2 Å². The van der Waals surface area contributed by atoms with E-state index >= 15 is 0 Å². The number of amides is 2. The molecule has 0 atom stereocenters. The van der Waals surface area contributed by atoms with E-state index in [9.17, 15) is 14.0 Å². The highest BCUT2D eigenvalue weighted by Crippen LogP contribution is 2.10. The van der Waals surface area contributed by atoms with Gasteiger partial charge in [0.15, 0.2) is 0 Å². The number of benzene rings is 2. The predicted octanol–water partition coefficient (Wildman–Crippen LogP) is 2.81. The van der Waals surface area contributed by atoms with E-state index in [0.29, 0.717) is 11.3 Å². The van der Waals surface area contributed by atoms with Crippen LogP contribution in [0.5, 0.6) is 0 Å². The third-order valence-corrected chi connectivity index (χ3v) is 3.00. The van der Waals surface area contributed by atoms with Crippen LogP contribution in [0.15, 0.2) is 42.5 Å². The van der Waals surface area contributed by atoms with Crippen molar-refractivity contribution in [2.45, 2.75) is 13.8 Å². The summed E-state index contributed by atoms with van der Waals surface area (Å²) in [7, 11) is 0. The third kappa shape index (κ3) is 4.41. The maximum atomic E-state index is 13.0. The fraction of sp³-hybridized carbons (Fsp3) is 0.176. The van der Waals surface area contributed by atoms with Crippen LogP contribution in [0.3, 0.4) is 0 Å². The highest BCUT2D eigenvalue weighted by molar-refractivity contribution is 5.99. The molecule has 0 aromatic heterocycles. The van der Waals surface area contributed by atoms with Gasteiger partial charge in [-0.1, -0.05) is 23.3 Å². The number of hydrogen-bond donors (Lipinski definition) is 2. The van der Waals surface area contributed by atoms with Crippen LogP contribution in [0.4, 0.5) is 10.1 Å². The summed E-state index contributed by atoms with van der Waals surface area (Å²) in [6.45, 7) is 3.63. The molecule has 0 saturated heterocycles. The van der Waals surface area contributed by atoms with E-state index in [1.165, 1.54) is 18.2 Å². The number of halogens is 1. The first-order valence-corrected chi connectivity index (χ1v) is 6.86. The van der Waals surface area contributed by atoms with Crippen LogP contribution >= 0.6 is 0 Å². The minimum absolute atomic E-state index is 0.178. The zero-order valence-electron chi connectivity index (χ0n) is 12.4. The lowest BCUT2D eigenvalue weighted by Gasteiger charge is -2.08. The lowest BCUT2D eigenvalue weighted by atomic mass is 10.1. The van der Waals surface area contributed by atoms with E-state index in [1.807, 2.05) is 19.9 Å². The molecule has 0 saturated carbocycles. The molecule has 114 valence electrons. The number of aryl methyl sites for hydroxylation is 2. The fourth-order valence-corrected chi connectivity index (χ4v) is 2.14. The smallest absolute Gasteiger partial charge is 0.251 e. The number of rotatable bonds is 4. The van der Waals surface area contributed by atoms with Gasteiger partial charge in [0.2, 0.25) is 5.91 Å². The first-order valence-electron chi connectivity index (χ1n) is 6.86. The van der Waals surface area contributed by atoms with Crippen LogP contribution in [-0.2, 0) is 4.79 Å². The van der Waals surface area contributed by atoms with Gasteiger partial charge in [-0.15, -0.1) is 0 Å². The Morgan fingerprint density at radius 3 is 2.36 bits per heavy atom. The summed E-state index contributed by atoms with van der Waals surface area (Å²) >= 11 is 0. The van der Waals surface area contributed by atoms with Crippen LogP contribution < -0.4 is 10.6 Å². The zero-order valence-corrected chi connectivity index (χ0v) is 12.4. The summed E-state index contributed by atoms with van der Waals surface area (Å²) < 4.78 is 13.0. The van der Waals surface area contributed by atoms with E-state index in [4.69, 9.17) is 0 Å². The van der Waals surface area contributed by atoms with Gasteiger partial charge in [-0.3, -0.25) is 9.59 Å². The Labute approximate surface area is 128 Å². The summed E-state index contributed by atoms with van der Waals surface area (Å²) in [4.78, 5) is 23.8. The molecule has 0 aliphatic rings. The molecule has 2 aromatic rings. The molecule has 0 radical (unpaired) electrons. The maximum absolute atomic E-state index is 13.0. The molecule has 0 aliphatic carbocycles. The van der Waals surface area contributed by atoms with Gasteiger partial charge in [-0.25, -0.2) is 4.39 Å². The summed E-state index contributed by atoms with van der Waals surface area (Å²) in [5.41, 5.74) is 2.82. The Balaban J connectivity index is 1.92. The highest BCUT2D eigenvalue weighted by atomic mass is 19.1. The second kappa shape index (κ2) is 6.85. The lowest BCUT2D eigenvalue weighted by Crippen LogP contribution is -2.32. The first kappa shape index (κ1) is 15.7. The largest absolute Gasteiger partial charge is 0.343 e. The van der Waals surface area contributed by atoms with Crippen molar-refractivity contribution >= 4 is 17.5 Å². The van der Waals surface area contributed by atoms with Crippen LogP contribution in [0, 0.1) is 19.7 Å². The molecule has 0 unspecified atom stereocenters. The molecule has 0 spiro atoms. The molecule has 0 heterocycles. The molecule has 0 fully saturated rings. The van der Waals surface area contributed by atoms with Crippen molar-refractivity contribution in [2.24, 2.45) is 0 Å². The van der Waals surface area contributed by atoms with Gasteiger partial charge < -0.3 is 10.6 Å². The molecular weight excluding hydrogens is 283 g/mol. The van der Waals surface area contributed by atoms with Gasteiger partial charge in [0.1, 0.15) is 5.82 Å². The molecular formula is C17H17FN2O2. The standard InChI is InChI=1S/C17H17FN2O2/c1-11-6-12(2)8-13(7-11)17(22)19-10-16(21)20-15-5-3-4-14(18)9-15/h3-9H,10H2,1-2H3,(H,19,22)(H,20,21). The molecule has 5 heteroatoms. The van der Waals surface area contributed by atoms with Crippen LogP contribution in [0.1, 0.15) is 21.5 Å². The van der Waals surface area contributed by atoms with Crippen LogP contribution in [0.25, 0.3) is 0 Å². The van der Waals surface area contributed by atoms with E-state index < -0.39 is 11.7 Å². The SMILES string of the molecule is Cc1cc(C)cc(C(=O)NCC(=O)Nc2cccc(F)c2)c1. The summed E-state index contributed by atoms with van der Waals surface area (Å²) in [6.07, 6.45) is 0. The number of carbonyl (C=O) groups is 2. The van der Waals surface area contributed by atoms with E-state index in [2.05, 4.69) is 10.6 Å². The quantitative estimate of drug-likeness (QED) is 0.912. The lowest BCUT2D eigenvalue weighted by molar-refractivity contribution is -0.115. The average molecular weight is 300 g/mol. The molecule has 0 bridgehead atoms. The van der Waals surface area contributed by atoms with E-state index in [0.717, 1.165) is 11.1 Å². The molecule has 2 N–H and O–H groups in total. The highest BCUT2D eigenvalue weighted by Gasteiger charge is 2.09. The van der Waals surface area contributed by atoms with Gasteiger partial charge in [0.05, 0.1) is 6.54 Å². The van der Waals surface area contributed by atoms with Gasteiger partial charge in [-0.05, 0) is 44.2 Å². The summed E-state index contributed by atoms with van der Waals surface area (Å²) in [5.74, 6) is -1.17. The van der Waals surface area contributed by atoms with Gasteiger partial charge >= 0.3 is 0 Å². The molecule has 2 aromatic carbocycles. The Hall–Kier alpha value is -2.69. The maximum Gasteiger partial charge on any atom is 0.251 e. The zero-order chi connectivity index (χ0) is 16.1. The summed E-state index contributed by atoms with van der Waals surface area (Å²) in [5, 5.41) is 5.06. The number of hydrogen-bond acceptors (Lipinski definition) is 2. The van der Waals surface area contributed by atoms with Crippen LogP contribution in [0.2, 0.25) is 0 Å². The molecule has 4 nitrogen and oxygen atoms in total. The molecule has 0 aliphatic heterocycles. The van der Waals surface area contributed by atoms with Gasteiger partial charge in [0.25, 0.3) is 5.91 Å². The Morgan fingerprint density at radius 1 is 1.05 bits per heavy atom.